The monoisotopic (exact) mass is 290 g/mol. The van der Waals surface area contributed by atoms with Gasteiger partial charge in [-0.2, -0.15) is 5.26 Å². The first-order valence-corrected chi connectivity index (χ1v) is 7.32. The molecule has 2 aromatic rings. The summed E-state index contributed by atoms with van der Waals surface area (Å²) in [5.41, 5.74) is 1.55. The van der Waals surface area contributed by atoms with Crippen LogP contribution in [-0.4, -0.2) is 13.1 Å². The summed E-state index contributed by atoms with van der Waals surface area (Å²) in [7, 11) is 2.00. The third-order valence-corrected chi connectivity index (χ3v) is 4.33. The fourth-order valence-corrected chi connectivity index (χ4v) is 2.98. The molecule has 98 valence electrons. The Balaban J connectivity index is 2.21. The lowest BCUT2D eigenvalue weighted by atomic mass is 10.1. The minimum atomic E-state index is 0.309. The topological polar surface area (TPSA) is 27.0 Å². The number of rotatable bonds is 4. The largest absolute Gasteiger partial charge is 0.370 e. The number of thiophene rings is 1. The van der Waals surface area contributed by atoms with Crippen LogP contribution in [-0.2, 0) is 6.42 Å². The number of halogens is 1. The third kappa shape index (κ3) is 3.28. The quantitative estimate of drug-likeness (QED) is 0.837. The zero-order chi connectivity index (χ0) is 13.8. The molecule has 0 aliphatic heterocycles. The molecule has 1 unspecified atom stereocenters. The van der Waals surface area contributed by atoms with Crippen LogP contribution in [0.1, 0.15) is 17.4 Å². The average molecular weight is 291 g/mol. The van der Waals surface area contributed by atoms with E-state index in [9.17, 15) is 5.26 Å². The molecule has 2 nitrogen and oxygen atoms in total. The minimum absolute atomic E-state index is 0.309. The van der Waals surface area contributed by atoms with Gasteiger partial charge in [0.1, 0.15) is 6.07 Å². The molecule has 0 bridgehead atoms. The highest BCUT2D eigenvalue weighted by Crippen LogP contribution is 2.26. The number of hydrogen-bond acceptors (Lipinski definition) is 3. The molecule has 1 aromatic heterocycles. The first kappa shape index (κ1) is 13.9. The van der Waals surface area contributed by atoms with Crippen molar-refractivity contribution in [3.63, 3.8) is 0 Å². The lowest BCUT2D eigenvalue weighted by molar-refractivity contribution is 0.688. The van der Waals surface area contributed by atoms with Crippen LogP contribution < -0.4 is 4.90 Å². The van der Waals surface area contributed by atoms with Crippen molar-refractivity contribution in [2.45, 2.75) is 19.4 Å². The first-order chi connectivity index (χ1) is 9.11. The number of nitriles is 1. The van der Waals surface area contributed by atoms with Gasteiger partial charge in [0.05, 0.1) is 11.3 Å². The summed E-state index contributed by atoms with van der Waals surface area (Å²) < 4.78 is 0. The number of benzene rings is 1. The normalized spacial score (nSPS) is 11.9. The van der Waals surface area contributed by atoms with E-state index in [1.165, 1.54) is 4.88 Å². The molecule has 1 atom stereocenters. The van der Waals surface area contributed by atoms with Gasteiger partial charge in [-0.15, -0.1) is 11.3 Å². The zero-order valence-corrected chi connectivity index (χ0v) is 12.5. The SMILES string of the molecule is CC(Cc1cccs1)N(C)c1cc(Cl)ccc1C#N. The molecule has 4 heteroatoms. The van der Waals surface area contributed by atoms with Gasteiger partial charge < -0.3 is 4.90 Å². The van der Waals surface area contributed by atoms with Crippen LogP contribution in [0.3, 0.4) is 0 Å². The van der Waals surface area contributed by atoms with Crippen LogP contribution in [0.4, 0.5) is 5.69 Å². The highest BCUT2D eigenvalue weighted by Gasteiger charge is 2.15. The molecule has 19 heavy (non-hydrogen) atoms. The summed E-state index contributed by atoms with van der Waals surface area (Å²) in [5.74, 6) is 0. The van der Waals surface area contributed by atoms with Crippen molar-refractivity contribution in [1.29, 1.82) is 5.26 Å². The van der Waals surface area contributed by atoms with Crippen molar-refractivity contribution in [1.82, 2.24) is 0 Å². The fourth-order valence-electron chi connectivity index (χ4n) is 1.99. The van der Waals surface area contributed by atoms with E-state index in [1.54, 1.807) is 23.5 Å². The van der Waals surface area contributed by atoms with Crippen LogP contribution in [0.25, 0.3) is 0 Å². The summed E-state index contributed by atoms with van der Waals surface area (Å²) >= 11 is 7.79. The standard InChI is InChI=1S/C15H15ClN2S/c1-11(8-14-4-3-7-19-14)18(2)15-9-13(16)6-5-12(15)10-17/h3-7,9,11H,8H2,1-2H3. The lowest BCUT2D eigenvalue weighted by Crippen LogP contribution is -2.31. The lowest BCUT2D eigenvalue weighted by Gasteiger charge is -2.27. The van der Waals surface area contributed by atoms with E-state index in [0.29, 0.717) is 16.6 Å². The van der Waals surface area contributed by atoms with Crippen molar-refractivity contribution >= 4 is 28.6 Å². The summed E-state index contributed by atoms with van der Waals surface area (Å²) in [4.78, 5) is 3.46. The van der Waals surface area contributed by atoms with Gasteiger partial charge in [0.2, 0.25) is 0 Å². The summed E-state index contributed by atoms with van der Waals surface area (Å²) in [5, 5.41) is 11.9. The molecule has 2 rings (SSSR count). The maximum atomic E-state index is 9.18. The Bertz CT molecular complexity index is 587. The summed E-state index contributed by atoms with van der Waals surface area (Å²) in [6, 6.07) is 12.1. The second-order valence-corrected chi connectivity index (χ2v) is 5.99. The number of likely N-dealkylation sites (N-methyl/N-ethyl adjacent to an activating group) is 1. The average Bonchev–Trinajstić information content (AvgIpc) is 2.90. The van der Waals surface area contributed by atoms with E-state index >= 15 is 0 Å². The fraction of sp³-hybridized carbons (Fsp3) is 0.267. The van der Waals surface area contributed by atoms with Crippen LogP contribution in [0.2, 0.25) is 5.02 Å². The van der Waals surface area contributed by atoms with Crippen LogP contribution in [0.5, 0.6) is 0 Å². The smallest absolute Gasteiger partial charge is 0.101 e. The van der Waals surface area contributed by atoms with E-state index in [2.05, 4.69) is 35.4 Å². The van der Waals surface area contributed by atoms with Crippen molar-refractivity contribution in [2.24, 2.45) is 0 Å². The second-order valence-electron chi connectivity index (χ2n) is 4.52. The van der Waals surface area contributed by atoms with Crippen molar-refractivity contribution in [3.8, 4) is 6.07 Å². The molecule has 0 saturated carbocycles. The highest BCUT2D eigenvalue weighted by atomic mass is 35.5. The minimum Gasteiger partial charge on any atom is -0.370 e. The number of hydrogen-bond donors (Lipinski definition) is 0. The van der Waals surface area contributed by atoms with Gasteiger partial charge in [-0.25, -0.2) is 0 Å². The van der Waals surface area contributed by atoms with E-state index in [0.717, 1.165) is 12.1 Å². The molecule has 0 N–H and O–H groups in total. The number of nitrogens with zero attached hydrogens (tertiary/aromatic N) is 2. The van der Waals surface area contributed by atoms with Crippen LogP contribution >= 0.6 is 22.9 Å². The zero-order valence-electron chi connectivity index (χ0n) is 10.9. The van der Waals surface area contributed by atoms with Gasteiger partial charge in [0, 0.05) is 29.4 Å². The molecule has 0 radical (unpaired) electrons. The molecular weight excluding hydrogens is 276 g/mol. The Labute approximate surface area is 122 Å². The highest BCUT2D eigenvalue weighted by molar-refractivity contribution is 7.09. The second kappa shape index (κ2) is 6.10. The molecule has 1 heterocycles. The Morgan fingerprint density at radius 1 is 1.42 bits per heavy atom. The predicted molar refractivity (Wildman–Crippen MR) is 82.1 cm³/mol. The van der Waals surface area contributed by atoms with Crippen molar-refractivity contribution < 1.29 is 0 Å². The first-order valence-electron chi connectivity index (χ1n) is 6.06. The summed E-state index contributed by atoms with van der Waals surface area (Å²) in [6.07, 6.45) is 0.964. The summed E-state index contributed by atoms with van der Waals surface area (Å²) in [6.45, 7) is 2.15. The van der Waals surface area contributed by atoms with Gasteiger partial charge in [-0.1, -0.05) is 17.7 Å². The molecule has 0 amide bonds. The van der Waals surface area contributed by atoms with Crippen LogP contribution in [0.15, 0.2) is 35.7 Å². The predicted octanol–water partition coefficient (Wildman–Crippen LogP) is 4.34. The molecule has 0 spiro atoms. The molecule has 1 aromatic carbocycles. The Kier molecular flexibility index (Phi) is 4.47. The third-order valence-electron chi connectivity index (χ3n) is 3.20. The molecule has 0 aliphatic carbocycles. The van der Waals surface area contributed by atoms with E-state index in [4.69, 9.17) is 11.6 Å². The van der Waals surface area contributed by atoms with Gasteiger partial charge in [-0.05, 0) is 36.6 Å². The Morgan fingerprint density at radius 2 is 2.21 bits per heavy atom. The molecule has 0 fully saturated rings. The molecular formula is C15H15ClN2S. The number of anilines is 1. The van der Waals surface area contributed by atoms with Gasteiger partial charge in [0.25, 0.3) is 0 Å². The van der Waals surface area contributed by atoms with Crippen molar-refractivity contribution in [2.75, 3.05) is 11.9 Å². The Morgan fingerprint density at radius 3 is 2.84 bits per heavy atom. The molecule has 0 aliphatic rings. The maximum absolute atomic E-state index is 9.18. The van der Waals surface area contributed by atoms with E-state index < -0.39 is 0 Å². The van der Waals surface area contributed by atoms with Gasteiger partial charge in [0.15, 0.2) is 0 Å². The van der Waals surface area contributed by atoms with Crippen LogP contribution in [0, 0.1) is 11.3 Å². The maximum Gasteiger partial charge on any atom is 0.101 e. The van der Waals surface area contributed by atoms with E-state index in [-0.39, 0.29) is 0 Å². The Hall–Kier alpha value is -1.50. The van der Waals surface area contributed by atoms with Gasteiger partial charge in [-0.3, -0.25) is 0 Å². The molecule has 0 saturated heterocycles. The van der Waals surface area contributed by atoms with Gasteiger partial charge >= 0.3 is 0 Å². The van der Waals surface area contributed by atoms with E-state index in [1.807, 2.05) is 13.1 Å². The van der Waals surface area contributed by atoms with Crippen molar-refractivity contribution in [3.05, 3.63) is 51.2 Å².